The van der Waals surface area contributed by atoms with Crippen LogP contribution in [-0.2, 0) is 6.54 Å². The highest BCUT2D eigenvalue weighted by atomic mass is 16.5. The molecule has 0 radical (unpaired) electrons. The number of aromatic nitrogens is 3. The van der Waals surface area contributed by atoms with Gasteiger partial charge in [0.15, 0.2) is 5.65 Å². The summed E-state index contributed by atoms with van der Waals surface area (Å²) >= 11 is 0. The van der Waals surface area contributed by atoms with Crippen molar-refractivity contribution in [2.45, 2.75) is 37.8 Å². The maximum absolute atomic E-state index is 6.23. The standard InChI is InChI=1S/C21H25N5O/c1-25-10-9-17(14-25)27-20-11-18(22-12-15-5-3-2-4-6-15)21-23-13-19(16-7-8-16)26(21)24-20/h2-6,11,13,16-17,22H,7-10,12,14H2,1H3. The lowest BCUT2D eigenvalue weighted by atomic mass is 10.2. The minimum absolute atomic E-state index is 0.204. The molecular weight excluding hydrogens is 338 g/mol. The van der Waals surface area contributed by atoms with E-state index in [1.165, 1.54) is 24.1 Å². The second kappa shape index (κ2) is 6.85. The lowest BCUT2D eigenvalue weighted by Crippen LogP contribution is -2.22. The summed E-state index contributed by atoms with van der Waals surface area (Å²) in [5.41, 5.74) is 4.29. The highest BCUT2D eigenvalue weighted by molar-refractivity contribution is 5.68. The molecule has 140 valence electrons. The molecule has 0 bridgehead atoms. The summed E-state index contributed by atoms with van der Waals surface area (Å²) < 4.78 is 8.21. The summed E-state index contributed by atoms with van der Waals surface area (Å²) in [5, 5.41) is 8.31. The minimum Gasteiger partial charge on any atom is -0.472 e. The van der Waals surface area contributed by atoms with Gasteiger partial charge in [-0.25, -0.2) is 9.50 Å². The molecule has 6 heteroatoms. The fourth-order valence-electron chi connectivity index (χ4n) is 3.76. The number of anilines is 1. The highest BCUT2D eigenvalue weighted by Crippen LogP contribution is 2.40. The van der Waals surface area contributed by atoms with Crippen LogP contribution >= 0.6 is 0 Å². The van der Waals surface area contributed by atoms with Gasteiger partial charge >= 0.3 is 0 Å². The molecule has 1 saturated carbocycles. The Labute approximate surface area is 159 Å². The average molecular weight is 363 g/mol. The van der Waals surface area contributed by atoms with Crippen LogP contribution in [0.1, 0.15) is 36.4 Å². The number of likely N-dealkylation sites (tertiary alicyclic amines) is 1. The molecule has 1 aliphatic heterocycles. The van der Waals surface area contributed by atoms with Crippen LogP contribution in [0.25, 0.3) is 5.65 Å². The second-order valence-electron chi connectivity index (χ2n) is 7.72. The van der Waals surface area contributed by atoms with Crippen molar-refractivity contribution in [2.75, 3.05) is 25.5 Å². The number of rotatable bonds is 6. The molecular formula is C21H25N5O. The normalized spacial score (nSPS) is 20.3. The number of fused-ring (bicyclic) bond motifs is 1. The molecule has 5 rings (SSSR count). The van der Waals surface area contributed by atoms with E-state index in [1.807, 2.05) is 22.8 Å². The van der Waals surface area contributed by atoms with Crippen LogP contribution in [0.4, 0.5) is 5.69 Å². The van der Waals surface area contributed by atoms with Crippen molar-refractivity contribution >= 4 is 11.3 Å². The molecule has 2 aliphatic rings. The van der Waals surface area contributed by atoms with E-state index in [9.17, 15) is 0 Å². The molecule has 1 unspecified atom stereocenters. The molecule has 3 heterocycles. The third-order valence-corrected chi connectivity index (χ3v) is 5.43. The Kier molecular flexibility index (Phi) is 4.20. The van der Waals surface area contributed by atoms with Crippen molar-refractivity contribution in [2.24, 2.45) is 0 Å². The second-order valence-corrected chi connectivity index (χ2v) is 7.72. The van der Waals surface area contributed by atoms with E-state index in [4.69, 9.17) is 9.84 Å². The van der Waals surface area contributed by atoms with Crippen LogP contribution < -0.4 is 10.1 Å². The predicted octanol–water partition coefficient (Wildman–Crippen LogP) is 3.30. The Hall–Kier alpha value is -2.60. The zero-order valence-electron chi connectivity index (χ0n) is 15.6. The molecule has 0 spiro atoms. The molecule has 6 nitrogen and oxygen atoms in total. The molecule has 1 aromatic carbocycles. The summed E-state index contributed by atoms with van der Waals surface area (Å²) in [4.78, 5) is 6.95. The van der Waals surface area contributed by atoms with Gasteiger partial charge < -0.3 is 15.0 Å². The van der Waals surface area contributed by atoms with Crippen LogP contribution in [0.5, 0.6) is 5.88 Å². The van der Waals surface area contributed by atoms with Crippen LogP contribution in [0, 0.1) is 0 Å². The van der Waals surface area contributed by atoms with E-state index >= 15 is 0 Å². The lowest BCUT2D eigenvalue weighted by molar-refractivity contribution is 0.197. The number of ether oxygens (including phenoxy) is 1. The fourth-order valence-corrected chi connectivity index (χ4v) is 3.76. The van der Waals surface area contributed by atoms with Crippen LogP contribution in [-0.4, -0.2) is 45.7 Å². The quantitative estimate of drug-likeness (QED) is 0.728. The van der Waals surface area contributed by atoms with Crippen molar-refractivity contribution < 1.29 is 4.74 Å². The van der Waals surface area contributed by atoms with Crippen LogP contribution in [0.3, 0.4) is 0 Å². The van der Waals surface area contributed by atoms with Gasteiger partial charge in [0.1, 0.15) is 6.10 Å². The molecule has 2 aromatic heterocycles. The van der Waals surface area contributed by atoms with Crippen molar-refractivity contribution in [1.29, 1.82) is 0 Å². The highest BCUT2D eigenvalue weighted by Gasteiger charge is 2.29. The molecule has 0 amide bonds. The number of likely N-dealkylation sites (N-methyl/N-ethyl adjacent to an activating group) is 1. The summed E-state index contributed by atoms with van der Waals surface area (Å²) in [6.07, 6.45) is 5.67. The number of benzene rings is 1. The zero-order valence-corrected chi connectivity index (χ0v) is 15.6. The zero-order chi connectivity index (χ0) is 18.2. The first-order valence-electron chi connectivity index (χ1n) is 9.78. The van der Waals surface area contributed by atoms with Crippen molar-refractivity contribution in [3.8, 4) is 5.88 Å². The van der Waals surface area contributed by atoms with Gasteiger partial charge in [-0.15, -0.1) is 5.10 Å². The van der Waals surface area contributed by atoms with Crippen LogP contribution in [0.15, 0.2) is 42.6 Å². The number of hydrogen-bond donors (Lipinski definition) is 1. The Morgan fingerprint density at radius 2 is 2.04 bits per heavy atom. The van der Waals surface area contributed by atoms with Crippen molar-refractivity contribution in [3.05, 3.63) is 53.9 Å². The van der Waals surface area contributed by atoms with Gasteiger partial charge in [-0.05, 0) is 31.9 Å². The first-order chi connectivity index (χ1) is 13.3. The predicted molar refractivity (Wildman–Crippen MR) is 105 cm³/mol. The lowest BCUT2D eigenvalue weighted by Gasteiger charge is -2.15. The van der Waals surface area contributed by atoms with Crippen LogP contribution in [0.2, 0.25) is 0 Å². The smallest absolute Gasteiger partial charge is 0.234 e. The van der Waals surface area contributed by atoms with Gasteiger partial charge in [-0.1, -0.05) is 30.3 Å². The minimum atomic E-state index is 0.204. The molecule has 1 saturated heterocycles. The van der Waals surface area contributed by atoms with Crippen molar-refractivity contribution in [1.82, 2.24) is 19.5 Å². The van der Waals surface area contributed by atoms with E-state index in [0.717, 1.165) is 37.4 Å². The van der Waals surface area contributed by atoms with Gasteiger partial charge in [0, 0.05) is 31.6 Å². The van der Waals surface area contributed by atoms with Gasteiger partial charge in [-0.3, -0.25) is 0 Å². The fraction of sp³-hybridized carbons (Fsp3) is 0.429. The van der Waals surface area contributed by atoms with E-state index in [0.29, 0.717) is 11.8 Å². The van der Waals surface area contributed by atoms with E-state index in [2.05, 4.69) is 46.5 Å². The summed E-state index contributed by atoms with van der Waals surface area (Å²) in [6, 6.07) is 12.4. The Morgan fingerprint density at radius 3 is 2.78 bits per heavy atom. The molecule has 1 N–H and O–H groups in total. The van der Waals surface area contributed by atoms with Gasteiger partial charge in [-0.2, -0.15) is 0 Å². The van der Waals surface area contributed by atoms with Gasteiger partial charge in [0.2, 0.25) is 5.88 Å². The third-order valence-electron chi connectivity index (χ3n) is 5.43. The number of nitrogens with one attached hydrogen (secondary N) is 1. The molecule has 1 atom stereocenters. The first-order valence-corrected chi connectivity index (χ1v) is 9.78. The molecule has 3 aromatic rings. The SMILES string of the molecule is CN1CCC(Oc2cc(NCc3ccccc3)c3ncc(C4CC4)n3n2)C1. The first kappa shape index (κ1) is 16.6. The number of hydrogen-bond acceptors (Lipinski definition) is 5. The number of imidazole rings is 1. The summed E-state index contributed by atoms with van der Waals surface area (Å²) in [6.45, 7) is 2.77. The number of nitrogens with zero attached hydrogens (tertiary/aromatic N) is 4. The van der Waals surface area contributed by atoms with E-state index < -0.39 is 0 Å². The summed E-state index contributed by atoms with van der Waals surface area (Å²) in [5.74, 6) is 1.26. The molecule has 27 heavy (non-hydrogen) atoms. The monoisotopic (exact) mass is 363 g/mol. The van der Waals surface area contributed by atoms with E-state index in [-0.39, 0.29) is 6.10 Å². The third kappa shape index (κ3) is 3.49. The largest absolute Gasteiger partial charge is 0.472 e. The van der Waals surface area contributed by atoms with Crippen molar-refractivity contribution in [3.63, 3.8) is 0 Å². The average Bonchev–Trinajstić information content (AvgIpc) is 3.31. The Morgan fingerprint density at radius 1 is 1.19 bits per heavy atom. The topological polar surface area (TPSA) is 54.7 Å². The maximum Gasteiger partial charge on any atom is 0.234 e. The Bertz CT molecular complexity index is 934. The molecule has 2 fully saturated rings. The molecule has 1 aliphatic carbocycles. The summed E-state index contributed by atoms with van der Waals surface area (Å²) in [7, 11) is 2.13. The van der Waals surface area contributed by atoms with Gasteiger partial charge in [0.25, 0.3) is 0 Å². The Balaban J connectivity index is 1.46. The van der Waals surface area contributed by atoms with Gasteiger partial charge in [0.05, 0.1) is 17.6 Å². The maximum atomic E-state index is 6.23. The van der Waals surface area contributed by atoms with E-state index in [1.54, 1.807) is 0 Å².